The molecule has 1 aliphatic rings. The molecule has 0 aromatic rings. The minimum atomic E-state index is -0.823. The Morgan fingerprint density at radius 2 is 1.90 bits per heavy atom. The Hall–Kier alpha value is -1.79. The zero-order chi connectivity index (χ0) is 15.7. The number of aliphatic carboxylic acids is 1. The summed E-state index contributed by atoms with van der Waals surface area (Å²) >= 11 is 0. The Labute approximate surface area is 124 Å². The molecule has 0 aromatic carbocycles. The van der Waals surface area contributed by atoms with Gasteiger partial charge in [-0.05, 0) is 39.0 Å². The highest BCUT2D eigenvalue weighted by molar-refractivity contribution is 5.77. The zero-order valence-electron chi connectivity index (χ0n) is 12.5. The molecule has 21 heavy (non-hydrogen) atoms. The molecule has 1 fully saturated rings. The summed E-state index contributed by atoms with van der Waals surface area (Å²) in [6.45, 7) is 2.29. The van der Waals surface area contributed by atoms with Crippen LogP contribution >= 0.6 is 0 Å². The van der Waals surface area contributed by atoms with Crippen LogP contribution < -0.4 is 16.0 Å². The molecule has 0 heterocycles. The second kappa shape index (κ2) is 9.20. The van der Waals surface area contributed by atoms with Crippen molar-refractivity contribution >= 4 is 17.9 Å². The third-order valence-corrected chi connectivity index (χ3v) is 3.21. The van der Waals surface area contributed by atoms with E-state index in [0.29, 0.717) is 38.3 Å². The number of carbonyl (C=O) groups excluding carboxylic acids is 2. The van der Waals surface area contributed by atoms with Gasteiger partial charge in [-0.25, -0.2) is 4.79 Å². The maximum absolute atomic E-state index is 11.5. The van der Waals surface area contributed by atoms with Gasteiger partial charge in [0, 0.05) is 31.5 Å². The fourth-order valence-corrected chi connectivity index (χ4v) is 1.88. The number of carboxylic acid groups (broad SMARTS) is 1. The van der Waals surface area contributed by atoms with Crippen molar-refractivity contribution in [1.29, 1.82) is 0 Å². The monoisotopic (exact) mass is 299 g/mol. The van der Waals surface area contributed by atoms with Crippen LogP contribution in [0, 0.1) is 0 Å². The van der Waals surface area contributed by atoms with Crippen molar-refractivity contribution in [1.82, 2.24) is 16.0 Å². The molecule has 3 amide bonds. The van der Waals surface area contributed by atoms with Crippen LogP contribution in [-0.4, -0.2) is 41.6 Å². The predicted molar refractivity (Wildman–Crippen MR) is 77.9 cm³/mol. The summed E-state index contributed by atoms with van der Waals surface area (Å²) in [4.78, 5) is 33.3. The van der Waals surface area contributed by atoms with Crippen molar-refractivity contribution < 1.29 is 19.5 Å². The molecule has 1 unspecified atom stereocenters. The fraction of sp³-hybridized carbons (Fsp3) is 0.786. The van der Waals surface area contributed by atoms with Crippen LogP contribution in [0.2, 0.25) is 0 Å². The second-order valence-electron chi connectivity index (χ2n) is 5.53. The Bertz CT molecular complexity index is 369. The molecule has 120 valence electrons. The van der Waals surface area contributed by atoms with Gasteiger partial charge in [0.1, 0.15) is 0 Å². The van der Waals surface area contributed by atoms with Gasteiger partial charge >= 0.3 is 12.0 Å². The summed E-state index contributed by atoms with van der Waals surface area (Å²) in [7, 11) is 0. The Morgan fingerprint density at radius 3 is 2.52 bits per heavy atom. The molecule has 0 aliphatic heterocycles. The normalized spacial score (nSPS) is 15.1. The molecular formula is C14H25N3O4. The molecule has 0 aromatic heterocycles. The van der Waals surface area contributed by atoms with Crippen LogP contribution in [0.1, 0.15) is 51.9 Å². The van der Waals surface area contributed by atoms with Gasteiger partial charge in [-0.2, -0.15) is 0 Å². The zero-order valence-corrected chi connectivity index (χ0v) is 12.5. The summed E-state index contributed by atoms with van der Waals surface area (Å²) < 4.78 is 0. The van der Waals surface area contributed by atoms with Crippen LogP contribution in [-0.2, 0) is 9.59 Å². The summed E-state index contributed by atoms with van der Waals surface area (Å²) in [6.07, 6.45) is 4.47. The van der Waals surface area contributed by atoms with E-state index in [9.17, 15) is 14.4 Å². The molecule has 4 N–H and O–H groups in total. The van der Waals surface area contributed by atoms with Gasteiger partial charge in [-0.1, -0.05) is 0 Å². The first kappa shape index (κ1) is 17.3. The van der Waals surface area contributed by atoms with Crippen molar-refractivity contribution in [3.63, 3.8) is 0 Å². The summed E-state index contributed by atoms with van der Waals surface area (Å²) in [5.41, 5.74) is 0. The molecule has 1 rings (SSSR count). The van der Waals surface area contributed by atoms with Crippen molar-refractivity contribution in [3.8, 4) is 0 Å². The number of rotatable bonds is 10. The van der Waals surface area contributed by atoms with E-state index in [1.807, 2.05) is 6.92 Å². The highest BCUT2D eigenvalue weighted by Gasteiger charge is 2.22. The largest absolute Gasteiger partial charge is 0.481 e. The topological polar surface area (TPSA) is 108 Å². The van der Waals surface area contributed by atoms with Gasteiger partial charge in [0.2, 0.25) is 5.91 Å². The first-order valence-electron chi connectivity index (χ1n) is 7.53. The Morgan fingerprint density at radius 1 is 1.19 bits per heavy atom. The van der Waals surface area contributed by atoms with E-state index in [1.54, 1.807) is 0 Å². The molecule has 0 radical (unpaired) electrons. The van der Waals surface area contributed by atoms with E-state index in [1.165, 1.54) is 0 Å². The molecule has 0 spiro atoms. The molecule has 1 aliphatic carbocycles. The minimum absolute atomic E-state index is 0.0433. The predicted octanol–water partition coefficient (Wildman–Crippen LogP) is 0.988. The molecule has 7 heteroatoms. The maximum Gasteiger partial charge on any atom is 0.314 e. The van der Waals surface area contributed by atoms with E-state index in [4.69, 9.17) is 5.11 Å². The molecule has 1 atom stereocenters. The first-order chi connectivity index (χ1) is 9.97. The number of carboxylic acids is 1. The fourth-order valence-electron chi connectivity index (χ4n) is 1.88. The van der Waals surface area contributed by atoms with Gasteiger partial charge in [-0.15, -0.1) is 0 Å². The number of hydrogen-bond acceptors (Lipinski definition) is 3. The van der Waals surface area contributed by atoms with Crippen molar-refractivity contribution in [2.45, 2.75) is 64.0 Å². The van der Waals surface area contributed by atoms with Gasteiger partial charge < -0.3 is 21.1 Å². The van der Waals surface area contributed by atoms with Gasteiger partial charge in [0.05, 0.1) is 0 Å². The maximum atomic E-state index is 11.5. The van der Waals surface area contributed by atoms with Crippen molar-refractivity contribution in [2.24, 2.45) is 0 Å². The lowest BCUT2D eigenvalue weighted by molar-refractivity contribution is -0.137. The first-order valence-corrected chi connectivity index (χ1v) is 7.53. The number of urea groups is 1. The number of carbonyl (C=O) groups is 3. The SMILES string of the molecule is CC(CCCC(=O)O)NC(=O)NCCCC(=O)NC1CC1. The van der Waals surface area contributed by atoms with Gasteiger partial charge in [0.15, 0.2) is 0 Å². The minimum Gasteiger partial charge on any atom is -0.481 e. The van der Waals surface area contributed by atoms with Crippen molar-refractivity contribution in [3.05, 3.63) is 0 Å². The second-order valence-corrected chi connectivity index (χ2v) is 5.53. The van der Waals surface area contributed by atoms with Crippen LogP contribution in [0.25, 0.3) is 0 Å². The smallest absolute Gasteiger partial charge is 0.314 e. The summed E-state index contributed by atoms with van der Waals surface area (Å²) in [6, 6.07) is 0.0309. The number of nitrogens with one attached hydrogen (secondary N) is 3. The standard InChI is InChI=1S/C14H25N3O4/c1-10(4-2-6-13(19)20)16-14(21)15-9-3-5-12(18)17-11-7-8-11/h10-11H,2-9H2,1H3,(H,17,18)(H,19,20)(H2,15,16,21). The van der Waals surface area contributed by atoms with E-state index in [2.05, 4.69) is 16.0 Å². The van der Waals surface area contributed by atoms with E-state index in [-0.39, 0.29) is 24.4 Å². The van der Waals surface area contributed by atoms with Crippen LogP contribution in [0.5, 0.6) is 0 Å². The molecular weight excluding hydrogens is 274 g/mol. The third kappa shape index (κ3) is 9.70. The van der Waals surface area contributed by atoms with Crippen LogP contribution in [0.4, 0.5) is 4.79 Å². The lowest BCUT2D eigenvalue weighted by atomic mass is 10.1. The third-order valence-electron chi connectivity index (χ3n) is 3.21. The Balaban J connectivity index is 1.96. The van der Waals surface area contributed by atoms with E-state index in [0.717, 1.165) is 12.8 Å². The summed E-state index contributed by atoms with van der Waals surface area (Å²) in [5, 5.41) is 16.8. The van der Waals surface area contributed by atoms with E-state index >= 15 is 0 Å². The lowest BCUT2D eigenvalue weighted by Crippen LogP contribution is -2.41. The molecule has 1 saturated carbocycles. The molecule has 7 nitrogen and oxygen atoms in total. The van der Waals surface area contributed by atoms with Crippen molar-refractivity contribution in [2.75, 3.05) is 6.54 Å². The quantitative estimate of drug-likeness (QED) is 0.451. The van der Waals surface area contributed by atoms with Crippen LogP contribution in [0.15, 0.2) is 0 Å². The van der Waals surface area contributed by atoms with Crippen LogP contribution in [0.3, 0.4) is 0 Å². The van der Waals surface area contributed by atoms with Gasteiger partial charge in [-0.3, -0.25) is 9.59 Å². The summed E-state index contributed by atoms with van der Waals surface area (Å²) in [5.74, 6) is -0.780. The highest BCUT2D eigenvalue weighted by atomic mass is 16.4. The number of amides is 3. The van der Waals surface area contributed by atoms with Gasteiger partial charge in [0.25, 0.3) is 0 Å². The number of hydrogen-bond donors (Lipinski definition) is 4. The molecule has 0 bridgehead atoms. The highest BCUT2D eigenvalue weighted by Crippen LogP contribution is 2.18. The average molecular weight is 299 g/mol. The Kier molecular flexibility index (Phi) is 7.56. The average Bonchev–Trinajstić information content (AvgIpc) is 3.18. The molecule has 0 saturated heterocycles. The van der Waals surface area contributed by atoms with E-state index < -0.39 is 5.97 Å². The lowest BCUT2D eigenvalue weighted by Gasteiger charge is -2.14.